The van der Waals surface area contributed by atoms with Gasteiger partial charge >= 0.3 is 12.1 Å². The van der Waals surface area contributed by atoms with Gasteiger partial charge in [0.25, 0.3) is 0 Å². The maximum atomic E-state index is 14.0. The van der Waals surface area contributed by atoms with Gasteiger partial charge in [0.1, 0.15) is 18.7 Å². The van der Waals surface area contributed by atoms with E-state index in [9.17, 15) is 24.3 Å². The van der Waals surface area contributed by atoms with Crippen LogP contribution in [0.5, 0.6) is 0 Å². The number of benzene rings is 2. The number of carboxylic acids is 1. The third-order valence-electron chi connectivity index (χ3n) is 9.18. The summed E-state index contributed by atoms with van der Waals surface area (Å²) in [4.78, 5) is 59.9. The summed E-state index contributed by atoms with van der Waals surface area (Å²) >= 11 is 0. The van der Waals surface area contributed by atoms with Crippen molar-refractivity contribution >= 4 is 23.9 Å². The van der Waals surface area contributed by atoms with E-state index >= 15 is 0 Å². The third kappa shape index (κ3) is 8.50. The number of fused-ring (bicyclic) bond motifs is 3. The van der Waals surface area contributed by atoms with E-state index in [1.54, 1.807) is 20.9 Å². The second-order valence-electron chi connectivity index (χ2n) is 12.9. The number of carbonyl (C=O) groups is 4. The Morgan fingerprint density at radius 3 is 1.89 bits per heavy atom. The molecule has 1 aliphatic rings. The molecule has 11 nitrogen and oxygen atoms in total. The number of nitrogens with one attached hydrogen (secondary N) is 1. The Bertz CT molecular complexity index is 1350. The molecule has 1 unspecified atom stereocenters. The van der Waals surface area contributed by atoms with Crippen molar-refractivity contribution in [1.29, 1.82) is 0 Å². The fourth-order valence-electron chi connectivity index (χ4n) is 6.51. The highest BCUT2D eigenvalue weighted by Gasteiger charge is 2.41. The van der Waals surface area contributed by atoms with E-state index in [-0.39, 0.29) is 30.8 Å². The zero-order valence-electron chi connectivity index (χ0n) is 29.1. The molecule has 1 aliphatic carbocycles. The molecule has 5 atom stereocenters. The Labute approximate surface area is 278 Å². The number of likely N-dealkylation sites (N-methyl/N-ethyl adjacent to an activating group) is 1. The van der Waals surface area contributed by atoms with Gasteiger partial charge in [-0.3, -0.25) is 19.2 Å². The lowest BCUT2D eigenvalue weighted by atomic mass is 9.90. The van der Waals surface area contributed by atoms with E-state index < -0.39 is 54.0 Å². The van der Waals surface area contributed by atoms with Crippen molar-refractivity contribution in [2.75, 3.05) is 27.9 Å². The maximum Gasteiger partial charge on any atom is 0.434 e. The fourth-order valence-corrected chi connectivity index (χ4v) is 6.51. The Hall–Kier alpha value is -3.96. The average Bonchev–Trinajstić information content (AvgIpc) is 3.36. The smallest absolute Gasteiger partial charge is 0.434 e. The van der Waals surface area contributed by atoms with Crippen LogP contribution in [0.1, 0.15) is 71.4 Å². The number of hydrogen-bond donors (Lipinski definition) is 2. The highest BCUT2D eigenvalue weighted by molar-refractivity contribution is 5.91. The summed E-state index contributed by atoms with van der Waals surface area (Å²) in [5, 5.41) is 13.3. The van der Waals surface area contributed by atoms with Crippen LogP contribution in [0, 0.1) is 17.8 Å². The summed E-state index contributed by atoms with van der Waals surface area (Å²) in [6.07, 6.45) is -1.17. The Morgan fingerprint density at radius 2 is 1.45 bits per heavy atom. The molecule has 0 fully saturated rings. The first-order chi connectivity index (χ1) is 22.3. The molecule has 0 aliphatic heterocycles. The summed E-state index contributed by atoms with van der Waals surface area (Å²) < 4.78 is 11.3. The predicted octanol–water partition coefficient (Wildman–Crippen LogP) is 5.33. The van der Waals surface area contributed by atoms with Crippen LogP contribution >= 0.6 is 0 Å². The van der Waals surface area contributed by atoms with E-state index in [0.717, 1.165) is 27.3 Å². The van der Waals surface area contributed by atoms with Gasteiger partial charge in [0.15, 0.2) is 0 Å². The largest absolute Gasteiger partial charge is 0.481 e. The summed E-state index contributed by atoms with van der Waals surface area (Å²) in [5.41, 5.74) is 4.30. The molecule has 0 radical (unpaired) electrons. The molecule has 0 aromatic heterocycles. The Morgan fingerprint density at radius 1 is 0.894 bits per heavy atom. The third-order valence-corrected chi connectivity index (χ3v) is 9.18. The minimum Gasteiger partial charge on any atom is -0.481 e. The van der Waals surface area contributed by atoms with Gasteiger partial charge in [-0.25, -0.2) is 4.79 Å². The van der Waals surface area contributed by atoms with Crippen LogP contribution in [0.15, 0.2) is 48.5 Å². The molecule has 0 saturated heterocycles. The number of amides is 3. The first-order valence-corrected chi connectivity index (χ1v) is 16.3. The topological polar surface area (TPSA) is 135 Å². The van der Waals surface area contributed by atoms with Crippen molar-refractivity contribution in [2.45, 2.75) is 84.5 Å². The van der Waals surface area contributed by atoms with E-state index in [4.69, 9.17) is 14.3 Å². The molecule has 11 heteroatoms. The normalized spacial score (nSPS) is 15.6. The minimum absolute atomic E-state index is 0.0467. The molecule has 3 rings (SSSR count). The SMILES string of the molecule is CC[C@H](C)[C@@H]([C@@H](CC(=O)O)OC)N(C)C(=O)[C@@H](NC(=O)C(C(C)C)N(OC)C(=O)OCC1c2ccccc2-c2ccccc21)C(C)C. The molecular weight excluding hydrogens is 602 g/mol. The summed E-state index contributed by atoms with van der Waals surface area (Å²) in [5.74, 6) is -3.00. The van der Waals surface area contributed by atoms with Crippen LogP contribution in [0.3, 0.4) is 0 Å². The lowest BCUT2D eigenvalue weighted by molar-refractivity contribution is -0.166. The zero-order valence-corrected chi connectivity index (χ0v) is 29.1. The van der Waals surface area contributed by atoms with E-state index in [0.29, 0.717) is 6.42 Å². The molecule has 0 spiro atoms. The molecule has 2 aromatic carbocycles. The highest BCUT2D eigenvalue weighted by atomic mass is 16.7. The van der Waals surface area contributed by atoms with Gasteiger partial charge in [0.05, 0.1) is 25.7 Å². The van der Waals surface area contributed by atoms with Crippen molar-refractivity contribution in [2.24, 2.45) is 17.8 Å². The minimum atomic E-state index is -1.11. The van der Waals surface area contributed by atoms with E-state index in [2.05, 4.69) is 5.32 Å². The second kappa shape index (κ2) is 16.7. The van der Waals surface area contributed by atoms with Gasteiger partial charge in [0.2, 0.25) is 11.8 Å². The average molecular weight is 654 g/mol. The quantitative estimate of drug-likeness (QED) is 0.232. The van der Waals surface area contributed by atoms with Crippen LogP contribution in [0.25, 0.3) is 11.1 Å². The number of aliphatic carboxylic acids is 1. The lowest BCUT2D eigenvalue weighted by Crippen LogP contribution is -2.60. The maximum absolute atomic E-state index is 14.0. The molecule has 2 N–H and O–H groups in total. The zero-order chi connectivity index (χ0) is 35.0. The number of methoxy groups -OCH3 is 1. The van der Waals surface area contributed by atoms with Crippen molar-refractivity contribution in [3.8, 4) is 11.1 Å². The molecular formula is C36H51N3O8. The van der Waals surface area contributed by atoms with Crippen LogP contribution < -0.4 is 5.32 Å². The number of hydrogen-bond acceptors (Lipinski definition) is 7. The monoisotopic (exact) mass is 653 g/mol. The number of hydroxylamine groups is 2. The highest BCUT2D eigenvalue weighted by Crippen LogP contribution is 2.44. The van der Waals surface area contributed by atoms with Crippen molar-refractivity contribution in [3.63, 3.8) is 0 Å². The Balaban J connectivity index is 1.80. The van der Waals surface area contributed by atoms with Crippen LogP contribution in [-0.2, 0) is 28.7 Å². The summed E-state index contributed by atoms with van der Waals surface area (Å²) in [6.45, 7) is 11.1. The van der Waals surface area contributed by atoms with E-state index in [1.807, 2.05) is 76.2 Å². The van der Waals surface area contributed by atoms with Gasteiger partial charge in [-0.1, -0.05) is 96.5 Å². The summed E-state index contributed by atoms with van der Waals surface area (Å²) in [6, 6.07) is 13.4. The van der Waals surface area contributed by atoms with Crippen molar-refractivity contribution in [3.05, 3.63) is 59.7 Å². The van der Waals surface area contributed by atoms with Crippen molar-refractivity contribution < 1.29 is 38.6 Å². The molecule has 0 saturated carbocycles. The molecule has 47 heavy (non-hydrogen) atoms. The van der Waals surface area contributed by atoms with Gasteiger partial charge in [0, 0.05) is 20.1 Å². The van der Waals surface area contributed by atoms with Crippen LogP contribution in [0.4, 0.5) is 4.79 Å². The fraction of sp³-hybridized carbons (Fsp3) is 0.556. The molecule has 0 heterocycles. The first kappa shape index (κ1) is 37.5. The number of carboxylic acid groups (broad SMARTS) is 1. The number of rotatable bonds is 16. The molecule has 2 aromatic rings. The Kier molecular flexibility index (Phi) is 13.4. The molecule has 258 valence electrons. The number of nitrogens with zero attached hydrogens (tertiary/aromatic N) is 2. The van der Waals surface area contributed by atoms with Gasteiger partial charge < -0.3 is 24.8 Å². The number of carbonyl (C=O) groups excluding carboxylic acids is 3. The van der Waals surface area contributed by atoms with Gasteiger partial charge in [-0.05, 0) is 40.0 Å². The van der Waals surface area contributed by atoms with Gasteiger partial charge in [-0.15, -0.1) is 0 Å². The van der Waals surface area contributed by atoms with Crippen molar-refractivity contribution in [1.82, 2.24) is 15.3 Å². The predicted molar refractivity (Wildman–Crippen MR) is 178 cm³/mol. The van der Waals surface area contributed by atoms with E-state index in [1.165, 1.54) is 19.1 Å². The van der Waals surface area contributed by atoms with Gasteiger partial charge in [-0.2, -0.15) is 5.06 Å². The second-order valence-corrected chi connectivity index (χ2v) is 12.9. The summed E-state index contributed by atoms with van der Waals surface area (Å²) in [7, 11) is 4.33. The van der Waals surface area contributed by atoms with Crippen LogP contribution in [0.2, 0.25) is 0 Å². The molecule has 0 bridgehead atoms. The van der Waals surface area contributed by atoms with Crippen LogP contribution in [-0.4, -0.2) is 91.1 Å². The standard InChI is InChI=1S/C36H51N3O8/c1-10-23(6)33(29(45-8)19-30(40)41)38(7)35(43)31(21(2)3)37-34(42)32(22(4)5)39(46-9)36(44)47-20-28-26-17-13-11-15-24(26)25-16-12-14-18-27(25)28/h11-18,21-23,28-29,31-33H,10,19-20H2,1-9H3,(H,37,42)(H,40,41)/t23-,29+,31-,32?,33-/m0/s1. The lowest BCUT2D eigenvalue weighted by Gasteiger charge is -2.40. The molecule has 3 amide bonds. The number of ether oxygens (including phenoxy) is 2. The first-order valence-electron chi connectivity index (χ1n) is 16.3.